The molecule has 2 aromatic rings. The standard InChI is InChI=1S/C19H20FNO4/c1-13(22)15-5-4-6-16(10-15)25-12-19(23)21(2)11-14-7-8-18(24-3)17(20)9-14/h4-10H,11-12H2,1-3H3. The highest BCUT2D eigenvalue weighted by molar-refractivity contribution is 5.94. The van der Waals surface area contributed by atoms with E-state index in [2.05, 4.69) is 0 Å². The predicted molar refractivity (Wildman–Crippen MR) is 91.4 cm³/mol. The summed E-state index contributed by atoms with van der Waals surface area (Å²) in [4.78, 5) is 25.0. The Bertz CT molecular complexity index is 776. The van der Waals surface area contributed by atoms with Gasteiger partial charge in [0.05, 0.1) is 7.11 Å². The van der Waals surface area contributed by atoms with Crippen molar-refractivity contribution in [3.63, 3.8) is 0 Å². The van der Waals surface area contributed by atoms with Crippen LogP contribution in [0.1, 0.15) is 22.8 Å². The summed E-state index contributed by atoms with van der Waals surface area (Å²) in [6.07, 6.45) is 0. The SMILES string of the molecule is COc1ccc(CN(C)C(=O)COc2cccc(C(C)=O)c2)cc1F. The fourth-order valence-corrected chi connectivity index (χ4v) is 2.23. The Labute approximate surface area is 146 Å². The van der Waals surface area contributed by atoms with Crippen LogP contribution < -0.4 is 9.47 Å². The predicted octanol–water partition coefficient (Wildman–Crippen LogP) is 3.07. The van der Waals surface area contributed by atoms with Crippen LogP contribution in [-0.4, -0.2) is 37.4 Å². The van der Waals surface area contributed by atoms with Gasteiger partial charge in [0.2, 0.25) is 0 Å². The van der Waals surface area contributed by atoms with Crippen molar-refractivity contribution in [3.8, 4) is 11.5 Å². The smallest absolute Gasteiger partial charge is 0.260 e. The number of rotatable bonds is 7. The molecule has 0 N–H and O–H groups in total. The van der Waals surface area contributed by atoms with Crippen LogP contribution in [-0.2, 0) is 11.3 Å². The van der Waals surface area contributed by atoms with E-state index in [9.17, 15) is 14.0 Å². The van der Waals surface area contributed by atoms with Crippen molar-refractivity contribution in [2.75, 3.05) is 20.8 Å². The quantitative estimate of drug-likeness (QED) is 0.724. The van der Waals surface area contributed by atoms with Crippen LogP contribution in [0.4, 0.5) is 4.39 Å². The van der Waals surface area contributed by atoms with E-state index in [4.69, 9.17) is 9.47 Å². The van der Waals surface area contributed by atoms with Crippen molar-refractivity contribution >= 4 is 11.7 Å². The van der Waals surface area contributed by atoms with E-state index in [1.165, 1.54) is 31.1 Å². The lowest BCUT2D eigenvalue weighted by Crippen LogP contribution is -2.31. The summed E-state index contributed by atoms with van der Waals surface area (Å²) in [5, 5.41) is 0. The van der Waals surface area contributed by atoms with Gasteiger partial charge in [-0.05, 0) is 36.8 Å². The Morgan fingerprint density at radius 2 is 1.92 bits per heavy atom. The lowest BCUT2D eigenvalue weighted by molar-refractivity contribution is -0.132. The Balaban J connectivity index is 1.93. The van der Waals surface area contributed by atoms with Gasteiger partial charge in [-0.15, -0.1) is 0 Å². The number of hydrogen-bond donors (Lipinski definition) is 0. The van der Waals surface area contributed by atoms with Crippen molar-refractivity contribution < 1.29 is 23.5 Å². The highest BCUT2D eigenvalue weighted by atomic mass is 19.1. The highest BCUT2D eigenvalue weighted by Gasteiger charge is 2.12. The van der Waals surface area contributed by atoms with Gasteiger partial charge in [-0.3, -0.25) is 9.59 Å². The Hall–Kier alpha value is -2.89. The molecule has 0 aliphatic carbocycles. The first kappa shape index (κ1) is 18.4. The number of likely N-dealkylation sites (N-methyl/N-ethyl adjacent to an activating group) is 1. The zero-order valence-corrected chi connectivity index (χ0v) is 14.4. The lowest BCUT2D eigenvalue weighted by atomic mass is 10.1. The lowest BCUT2D eigenvalue weighted by Gasteiger charge is -2.18. The van der Waals surface area contributed by atoms with Gasteiger partial charge >= 0.3 is 0 Å². The monoisotopic (exact) mass is 345 g/mol. The number of ketones is 1. The summed E-state index contributed by atoms with van der Waals surface area (Å²) in [7, 11) is 3.01. The zero-order valence-electron chi connectivity index (χ0n) is 14.4. The second-order valence-electron chi connectivity index (χ2n) is 5.59. The molecule has 0 spiro atoms. The van der Waals surface area contributed by atoms with E-state index >= 15 is 0 Å². The number of amides is 1. The second kappa shape index (κ2) is 8.28. The average Bonchev–Trinajstić information content (AvgIpc) is 2.60. The van der Waals surface area contributed by atoms with E-state index in [-0.39, 0.29) is 30.6 Å². The number of nitrogens with zero attached hydrogens (tertiary/aromatic N) is 1. The van der Waals surface area contributed by atoms with Crippen LogP contribution in [0.15, 0.2) is 42.5 Å². The van der Waals surface area contributed by atoms with Crippen molar-refractivity contribution in [2.45, 2.75) is 13.5 Å². The first-order valence-electron chi connectivity index (χ1n) is 7.71. The molecule has 0 heterocycles. The minimum absolute atomic E-state index is 0.0737. The maximum absolute atomic E-state index is 13.7. The number of hydrogen-bond acceptors (Lipinski definition) is 4. The molecule has 132 valence electrons. The van der Waals surface area contributed by atoms with Crippen LogP contribution in [0.25, 0.3) is 0 Å². The van der Waals surface area contributed by atoms with Crippen LogP contribution in [0.3, 0.4) is 0 Å². The van der Waals surface area contributed by atoms with Crippen LogP contribution >= 0.6 is 0 Å². The zero-order chi connectivity index (χ0) is 18.4. The molecule has 0 aliphatic heterocycles. The minimum Gasteiger partial charge on any atom is -0.494 e. The molecular formula is C19H20FNO4. The van der Waals surface area contributed by atoms with E-state index in [1.54, 1.807) is 37.4 Å². The third-order valence-corrected chi connectivity index (χ3v) is 3.66. The molecule has 25 heavy (non-hydrogen) atoms. The maximum atomic E-state index is 13.7. The summed E-state index contributed by atoms with van der Waals surface area (Å²) in [5.74, 6) is -0.200. The molecule has 0 unspecified atom stereocenters. The Morgan fingerprint density at radius 1 is 1.16 bits per heavy atom. The molecule has 0 atom stereocenters. The van der Waals surface area contributed by atoms with Crippen LogP contribution in [0, 0.1) is 5.82 Å². The van der Waals surface area contributed by atoms with Gasteiger partial charge in [0.25, 0.3) is 5.91 Å². The van der Waals surface area contributed by atoms with Gasteiger partial charge in [-0.2, -0.15) is 0 Å². The van der Waals surface area contributed by atoms with Crippen molar-refractivity contribution in [3.05, 3.63) is 59.4 Å². The van der Waals surface area contributed by atoms with Gasteiger partial charge in [0.15, 0.2) is 24.0 Å². The maximum Gasteiger partial charge on any atom is 0.260 e. The topological polar surface area (TPSA) is 55.8 Å². The molecule has 0 fully saturated rings. The third-order valence-electron chi connectivity index (χ3n) is 3.66. The molecule has 2 aromatic carbocycles. The molecule has 6 heteroatoms. The molecule has 0 bridgehead atoms. The number of halogens is 1. The summed E-state index contributed by atoms with van der Waals surface area (Å²) < 4.78 is 24.0. The molecule has 1 amide bonds. The van der Waals surface area contributed by atoms with Gasteiger partial charge in [-0.1, -0.05) is 18.2 Å². The number of carbonyl (C=O) groups is 2. The van der Waals surface area contributed by atoms with Crippen molar-refractivity contribution in [1.82, 2.24) is 4.90 Å². The molecule has 0 saturated heterocycles. The molecule has 0 saturated carbocycles. The van der Waals surface area contributed by atoms with Gasteiger partial charge < -0.3 is 14.4 Å². The summed E-state index contributed by atoms with van der Waals surface area (Å²) >= 11 is 0. The first-order valence-corrected chi connectivity index (χ1v) is 7.71. The third kappa shape index (κ3) is 5.04. The average molecular weight is 345 g/mol. The number of methoxy groups -OCH3 is 1. The molecule has 5 nitrogen and oxygen atoms in total. The van der Waals surface area contributed by atoms with Gasteiger partial charge in [0.1, 0.15) is 5.75 Å². The second-order valence-corrected chi connectivity index (χ2v) is 5.59. The Kier molecular flexibility index (Phi) is 6.11. The van der Waals surface area contributed by atoms with E-state index in [1.807, 2.05) is 0 Å². The summed E-state index contributed by atoms with van der Waals surface area (Å²) in [6, 6.07) is 11.2. The number of Topliss-reactive ketones (excluding diaryl/α,β-unsaturated/α-hetero) is 1. The summed E-state index contributed by atoms with van der Waals surface area (Å²) in [5.41, 5.74) is 1.17. The molecule has 2 rings (SSSR count). The van der Waals surface area contributed by atoms with Crippen molar-refractivity contribution in [1.29, 1.82) is 0 Å². The number of ether oxygens (including phenoxy) is 2. The van der Waals surface area contributed by atoms with Gasteiger partial charge in [-0.25, -0.2) is 4.39 Å². The Morgan fingerprint density at radius 3 is 2.56 bits per heavy atom. The van der Waals surface area contributed by atoms with Gasteiger partial charge in [0, 0.05) is 19.2 Å². The number of carbonyl (C=O) groups excluding carboxylic acids is 2. The molecule has 0 aromatic heterocycles. The number of benzene rings is 2. The van der Waals surface area contributed by atoms with Crippen LogP contribution in [0.5, 0.6) is 11.5 Å². The molecule has 0 aliphatic rings. The van der Waals surface area contributed by atoms with E-state index in [0.717, 1.165) is 0 Å². The molecule has 0 radical (unpaired) electrons. The normalized spacial score (nSPS) is 10.2. The fraction of sp³-hybridized carbons (Fsp3) is 0.263. The van der Waals surface area contributed by atoms with Crippen LogP contribution in [0.2, 0.25) is 0 Å². The van der Waals surface area contributed by atoms with Crippen molar-refractivity contribution in [2.24, 2.45) is 0 Å². The fourth-order valence-electron chi connectivity index (χ4n) is 2.23. The van der Waals surface area contributed by atoms with E-state index < -0.39 is 5.82 Å². The minimum atomic E-state index is -0.474. The highest BCUT2D eigenvalue weighted by Crippen LogP contribution is 2.18. The first-order chi connectivity index (χ1) is 11.9. The molecular weight excluding hydrogens is 325 g/mol. The van der Waals surface area contributed by atoms with E-state index in [0.29, 0.717) is 16.9 Å². The summed E-state index contributed by atoms with van der Waals surface area (Å²) in [6.45, 7) is 1.54. The largest absolute Gasteiger partial charge is 0.494 e.